The van der Waals surface area contributed by atoms with E-state index in [9.17, 15) is 29.4 Å². The Morgan fingerprint density at radius 3 is 1.83 bits per heavy atom. The second-order valence-corrected chi connectivity index (χ2v) is 8.52. The van der Waals surface area contributed by atoms with Gasteiger partial charge in [0.2, 0.25) is 0 Å². The molecule has 0 aromatic carbocycles. The monoisotopic (exact) mass is 510 g/mol. The molecule has 2 aromatic rings. The summed E-state index contributed by atoms with van der Waals surface area (Å²) in [6.45, 7) is 4.48. The first kappa shape index (κ1) is 27.4. The number of hydrogen-bond donors (Lipinski definition) is 6. The van der Waals surface area contributed by atoms with Crippen LogP contribution in [0.15, 0.2) is 44.2 Å². The van der Waals surface area contributed by atoms with Gasteiger partial charge in [-0.2, -0.15) is 0 Å². The van der Waals surface area contributed by atoms with Gasteiger partial charge in [0.1, 0.15) is 24.7 Å². The van der Waals surface area contributed by atoms with Crippen molar-refractivity contribution in [1.29, 1.82) is 0 Å². The van der Waals surface area contributed by atoms with Crippen molar-refractivity contribution in [3.05, 3.63) is 77.9 Å². The second kappa shape index (κ2) is 11.7. The summed E-state index contributed by atoms with van der Waals surface area (Å²) in [7, 11) is 0. The first-order valence-corrected chi connectivity index (χ1v) is 11.3. The summed E-state index contributed by atoms with van der Waals surface area (Å²) < 4.78 is 13.1. The minimum Gasteiger partial charge on any atom is -0.394 e. The van der Waals surface area contributed by atoms with Crippen LogP contribution in [0.1, 0.15) is 36.4 Å². The highest BCUT2D eigenvalue weighted by Crippen LogP contribution is 2.28. The predicted molar refractivity (Wildman–Crippen MR) is 125 cm³/mol. The highest BCUT2D eigenvalue weighted by molar-refractivity contribution is 5.09. The van der Waals surface area contributed by atoms with E-state index in [1.165, 1.54) is 21.5 Å². The van der Waals surface area contributed by atoms with Crippen LogP contribution in [0.3, 0.4) is 0 Å². The smallest absolute Gasteiger partial charge is 0.330 e. The van der Waals surface area contributed by atoms with Crippen molar-refractivity contribution in [2.24, 2.45) is 0 Å². The number of allylic oxidation sites excluding steroid dienone is 1. The van der Waals surface area contributed by atoms with Crippen LogP contribution in [-0.4, -0.2) is 77.2 Å². The number of aliphatic hydroxyl groups is 4. The number of rotatable bonds is 6. The second-order valence-electron chi connectivity index (χ2n) is 8.52. The van der Waals surface area contributed by atoms with E-state index in [1.807, 2.05) is 0 Å². The number of nitrogens with zero attached hydrogens (tertiary/aromatic N) is 2. The fourth-order valence-corrected chi connectivity index (χ4v) is 3.94. The highest BCUT2D eigenvalue weighted by atomic mass is 16.5. The molecule has 198 valence electrons. The molecule has 6 atom stereocenters. The summed E-state index contributed by atoms with van der Waals surface area (Å²) in [5.74, 6) is 0. The quantitative estimate of drug-likeness (QED) is 0.223. The molecule has 6 N–H and O–H groups in total. The Hall–Kier alpha value is -3.14. The van der Waals surface area contributed by atoms with Gasteiger partial charge in [0.05, 0.1) is 25.4 Å². The van der Waals surface area contributed by atoms with Gasteiger partial charge in [-0.15, -0.1) is 6.58 Å². The minimum atomic E-state index is -0.836. The number of hydrogen-bond acceptors (Lipinski definition) is 10. The van der Waals surface area contributed by atoms with Crippen LogP contribution in [0.4, 0.5) is 0 Å². The zero-order chi connectivity index (χ0) is 26.6. The first-order valence-electron chi connectivity index (χ1n) is 11.3. The number of aromatic amines is 2. The summed E-state index contributed by atoms with van der Waals surface area (Å²) in [5.41, 5.74) is -1.32. The number of aliphatic hydroxyl groups excluding tert-OH is 4. The third-order valence-electron chi connectivity index (χ3n) is 5.94. The van der Waals surface area contributed by atoms with Crippen LogP contribution in [-0.2, 0) is 15.9 Å². The Labute approximate surface area is 203 Å². The molecule has 2 aliphatic rings. The summed E-state index contributed by atoms with van der Waals surface area (Å²) in [5, 5.41) is 37.2. The Morgan fingerprint density at radius 2 is 1.39 bits per heavy atom. The van der Waals surface area contributed by atoms with Gasteiger partial charge in [-0.25, -0.2) is 9.59 Å². The van der Waals surface area contributed by atoms with Gasteiger partial charge >= 0.3 is 11.4 Å². The van der Waals surface area contributed by atoms with E-state index in [-0.39, 0.29) is 26.1 Å². The maximum atomic E-state index is 11.7. The van der Waals surface area contributed by atoms with Crippen LogP contribution < -0.4 is 22.5 Å². The topological polar surface area (TPSA) is 209 Å². The van der Waals surface area contributed by atoms with Gasteiger partial charge in [0.25, 0.3) is 11.1 Å². The molecule has 2 aliphatic heterocycles. The van der Waals surface area contributed by atoms with E-state index in [0.29, 0.717) is 17.5 Å². The molecule has 36 heavy (non-hydrogen) atoms. The number of H-pyrrole nitrogens is 2. The van der Waals surface area contributed by atoms with E-state index in [1.54, 1.807) is 13.0 Å². The van der Waals surface area contributed by atoms with Crippen molar-refractivity contribution in [2.45, 2.75) is 63.1 Å². The average Bonchev–Trinajstić information content (AvgIpc) is 3.40. The molecule has 4 rings (SSSR count). The van der Waals surface area contributed by atoms with Gasteiger partial charge in [0, 0.05) is 36.4 Å². The Kier molecular flexibility index (Phi) is 8.94. The first-order chi connectivity index (χ1) is 17.1. The zero-order valence-corrected chi connectivity index (χ0v) is 19.6. The molecule has 2 saturated heterocycles. The molecule has 0 bridgehead atoms. The third kappa shape index (κ3) is 5.98. The van der Waals surface area contributed by atoms with Crippen LogP contribution in [0.25, 0.3) is 0 Å². The van der Waals surface area contributed by atoms with Gasteiger partial charge in [-0.3, -0.25) is 28.7 Å². The summed E-state index contributed by atoms with van der Waals surface area (Å²) in [4.78, 5) is 50.4. The molecule has 14 heteroatoms. The molecule has 0 aliphatic carbocycles. The van der Waals surface area contributed by atoms with Crippen molar-refractivity contribution in [1.82, 2.24) is 19.1 Å². The van der Waals surface area contributed by atoms with E-state index >= 15 is 0 Å². The van der Waals surface area contributed by atoms with Crippen molar-refractivity contribution >= 4 is 0 Å². The lowest BCUT2D eigenvalue weighted by Crippen LogP contribution is -2.34. The summed E-state index contributed by atoms with van der Waals surface area (Å²) in [6, 6.07) is 0. The van der Waals surface area contributed by atoms with Crippen LogP contribution >= 0.6 is 0 Å². The van der Waals surface area contributed by atoms with Crippen molar-refractivity contribution < 1.29 is 29.9 Å². The lowest BCUT2D eigenvalue weighted by Gasteiger charge is -2.15. The van der Waals surface area contributed by atoms with Gasteiger partial charge in [-0.05, 0) is 13.3 Å². The van der Waals surface area contributed by atoms with E-state index in [0.717, 1.165) is 0 Å². The van der Waals surface area contributed by atoms with Crippen LogP contribution in [0, 0.1) is 6.92 Å². The molecule has 2 aromatic heterocycles. The maximum Gasteiger partial charge on any atom is 0.330 e. The van der Waals surface area contributed by atoms with Crippen LogP contribution in [0.5, 0.6) is 0 Å². The maximum absolute atomic E-state index is 11.7. The molecule has 0 radical (unpaired) electrons. The Balaban J connectivity index is 0.000000202. The van der Waals surface area contributed by atoms with E-state index < -0.39 is 59.4 Å². The molecule has 14 nitrogen and oxygen atoms in total. The summed E-state index contributed by atoms with van der Waals surface area (Å²) in [6.07, 6.45) is 0.644. The van der Waals surface area contributed by atoms with E-state index in [2.05, 4.69) is 16.5 Å². The highest BCUT2D eigenvalue weighted by Gasteiger charge is 2.36. The van der Waals surface area contributed by atoms with Gasteiger partial charge in [0.15, 0.2) is 0 Å². The normalized spacial score (nSPS) is 27.5. The number of nitrogens with one attached hydrogen (secondary N) is 2. The van der Waals surface area contributed by atoms with Gasteiger partial charge in [-0.1, -0.05) is 6.08 Å². The predicted octanol–water partition coefficient (Wildman–Crippen LogP) is -2.61. The van der Waals surface area contributed by atoms with Crippen molar-refractivity contribution in [3.8, 4) is 0 Å². The molecule has 0 unspecified atom stereocenters. The van der Waals surface area contributed by atoms with Crippen LogP contribution in [0.2, 0.25) is 0 Å². The van der Waals surface area contributed by atoms with E-state index in [4.69, 9.17) is 19.7 Å². The number of aryl methyl sites for hydroxylation is 1. The van der Waals surface area contributed by atoms with Crippen molar-refractivity contribution in [3.63, 3.8) is 0 Å². The number of aromatic nitrogens is 4. The molecular weight excluding hydrogens is 480 g/mol. The Bertz CT molecular complexity index is 1300. The molecule has 0 spiro atoms. The SMILES string of the molecule is C=CCc1cn([C@H]2C[C@H](O)[C@@H](CO)O2)c(=O)[nH]c1=O.Cc1cn([C@H]2C[C@H](O)[C@@H](CO)O2)c(=O)[nH]c1=O. The molecule has 2 fully saturated rings. The van der Waals surface area contributed by atoms with Gasteiger partial charge < -0.3 is 29.9 Å². The molecule has 4 heterocycles. The standard InChI is InChI=1S/C12H16N2O5.C10H14N2O5/c1-2-3-7-5-14(12(18)13-11(7)17)10-4-8(16)9(6-15)19-10;1-5-3-12(10(16)11-9(5)15)8-2-6(14)7(4-13)17-8/h2,5,8-10,15-16H,1,3-4,6H2,(H,13,17,18);3,6-8,13-14H,2,4H2,1H3,(H,11,15,16)/t8-,9+,10+;6-,7+,8+/m00/s1. The fraction of sp³-hybridized carbons (Fsp3) is 0.545. The molecular formula is C22H30N4O10. The van der Waals surface area contributed by atoms with Crippen molar-refractivity contribution in [2.75, 3.05) is 13.2 Å². The lowest BCUT2D eigenvalue weighted by atomic mass is 10.2. The molecule has 0 amide bonds. The lowest BCUT2D eigenvalue weighted by molar-refractivity contribution is -0.0459. The largest absolute Gasteiger partial charge is 0.394 e. The number of ether oxygens (including phenoxy) is 2. The average molecular weight is 511 g/mol. The Morgan fingerprint density at radius 1 is 0.917 bits per heavy atom. The summed E-state index contributed by atoms with van der Waals surface area (Å²) >= 11 is 0. The third-order valence-corrected chi connectivity index (χ3v) is 5.94. The molecule has 0 saturated carbocycles. The minimum absolute atomic E-state index is 0.185. The fourth-order valence-electron chi connectivity index (χ4n) is 3.94. The zero-order valence-electron chi connectivity index (χ0n) is 19.6.